The molecule has 6 heteroatoms. The van der Waals surface area contributed by atoms with Crippen molar-refractivity contribution in [1.29, 1.82) is 0 Å². The van der Waals surface area contributed by atoms with Gasteiger partial charge in [-0.2, -0.15) is 0 Å². The van der Waals surface area contributed by atoms with Gasteiger partial charge in [-0.1, -0.05) is 23.7 Å². The Labute approximate surface area is 101 Å². The van der Waals surface area contributed by atoms with Crippen molar-refractivity contribution in [1.82, 2.24) is 9.55 Å². The van der Waals surface area contributed by atoms with Crippen molar-refractivity contribution < 1.29 is 14.3 Å². The Morgan fingerprint density at radius 2 is 2.29 bits per heavy atom. The molecule has 0 saturated heterocycles. The minimum atomic E-state index is -1.12. The molecule has 0 aliphatic carbocycles. The van der Waals surface area contributed by atoms with Gasteiger partial charge in [0.1, 0.15) is 5.82 Å². The molecule has 1 aromatic heterocycles. The molecule has 0 spiro atoms. The third kappa shape index (κ3) is 2.45. The number of aromatic carboxylic acids is 1. The van der Waals surface area contributed by atoms with Crippen molar-refractivity contribution in [2.24, 2.45) is 0 Å². The molecule has 0 aliphatic heterocycles. The van der Waals surface area contributed by atoms with Gasteiger partial charge in [0.25, 0.3) is 0 Å². The van der Waals surface area contributed by atoms with E-state index in [0.717, 1.165) is 0 Å². The van der Waals surface area contributed by atoms with E-state index in [2.05, 4.69) is 4.98 Å². The van der Waals surface area contributed by atoms with Gasteiger partial charge < -0.3 is 9.67 Å². The van der Waals surface area contributed by atoms with E-state index in [4.69, 9.17) is 16.7 Å². The maximum atomic E-state index is 13.6. The summed E-state index contributed by atoms with van der Waals surface area (Å²) in [6.45, 7) is 0.187. The first-order chi connectivity index (χ1) is 8.08. The summed E-state index contributed by atoms with van der Waals surface area (Å²) in [5.74, 6) is -1.62. The van der Waals surface area contributed by atoms with Crippen LogP contribution in [0.2, 0.25) is 5.02 Å². The fraction of sp³-hybridized carbons (Fsp3) is 0.0909. The van der Waals surface area contributed by atoms with Gasteiger partial charge >= 0.3 is 5.97 Å². The van der Waals surface area contributed by atoms with Crippen LogP contribution >= 0.6 is 11.6 Å². The van der Waals surface area contributed by atoms with Gasteiger partial charge in [-0.3, -0.25) is 0 Å². The molecule has 1 aromatic carbocycles. The molecular formula is C11H8ClFN2O2. The highest BCUT2D eigenvalue weighted by molar-refractivity contribution is 6.30. The molecule has 0 unspecified atom stereocenters. The molecule has 0 amide bonds. The zero-order valence-corrected chi connectivity index (χ0v) is 9.36. The van der Waals surface area contributed by atoms with Gasteiger partial charge in [0, 0.05) is 11.8 Å². The first-order valence-corrected chi connectivity index (χ1v) is 5.13. The largest absolute Gasteiger partial charge is 0.476 e. The van der Waals surface area contributed by atoms with E-state index in [0.29, 0.717) is 5.56 Å². The molecule has 88 valence electrons. The van der Waals surface area contributed by atoms with E-state index in [1.807, 2.05) is 0 Å². The number of carbonyl (C=O) groups is 1. The molecule has 2 aromatic rings. The highest BCUT2D eigenvalue weighted by Gasteiger charge is 2.09. The summed E-state index contributed by atoms with van der Waals surface area (Å²) < 4.78 is 15.1. The molecule has 0 aliphatic rings. The lowest BCUT2D eigenvalue weighted by Crippen LogP contribution is -2.00. The van der Waals surface area contributed by atoms with E-state index in [-0.39, 0.29) is 17.3 Å². The number of carboxylic acid groups (broad SMARTS) is 1. The van der Waals surface area contributed by atoms with Crippen LogP contribution in [0.4, 0.5) is 4.39 Å². The Morgan fingerprint density at radius 1 is 1.53 bits per heavy atom. The summed E-state index contributed by atoms with van der Waals surface area (Å²) in [6, 6.07) is 4.68. The van der Waals surface area contributed by atoms with Crippen molar-refractivity contribution in [2.75, 3.05) is 0 Å². The SMILES string of the molecule is O=C(O)c1cn(Cc2cccc(Cl)c2F)cn1. The van der Waals surface area contributed by atoms with Crippen LogP contribution in [0, 0.1) is 5.82 Å². The second-order valence-corrected chi connectivity index (χ2v) is 3.86. The van der Waals surface area contributed by atoms with Crippen LogP contribution in [0.1, 0.15) is 16.1 Å². The molecule has 0 bridgehead atoms. The molecule has 1 N–H and O–H groups in total. The lowest BCUT2D eigenvalue weighted by molar-refractivity contribution is 0.0691. The van der Waals surface area contributed by atoms with Gasteiger partial charge in [0.2, 0.25) is 0 Å². The van der Waals surface area contributed by atoms with Crippen LogP contribution in [-0.2, 0) is 6.54 Å². The summed E-state index contributed by atoms with van der Waals surface area (Å²) in [4.78, 5) is 14.3. The van der Waals surface area contributed by atoms with E-state index in [1.54, 1.807) is 12.1 Å². The second-order valence-electron chi connectivity index (χ2n) is 3.45. The average molecular weight is 255 g/mol. The molecule has 0 fully saturated rings. The van der Waals surface area contributed by atoms with Crippen molar-refractivity contribution in [3.63, 3.8) is 0 Å². The van der Waals surface area contributed by atoms with Crippen molar-refractivity contribution in [2.45, 2.75) is 6.54 Å². The lowest BCUT2D eigenvalue weighted by atomic mass is 10.2. The standard InChI is InChI=1S/C11H8ClFN2O2/c12-8-3-1-2-7(10(8)13)4-15-5-9(11(16)17)14-6-15/h1-3,5-6H,4H2,(H,16,17). The number of aromatic nitrogens is 2. The fourth-order valence-electron chi connectivity index (χ4n) is 1.42. The average Bonchev–Trinajstić information content (AvgIpc) is 2.73. The molecule has 17 heavy (non-hydrogen) atoms. The molecular weight excluding hydrogens is 247 g/mol. The Hall–Kier alpha value is -1.88. The summed E-state index contributed by atoms with van der Waals surface area (Å²) in [5.41, 5.74) is 0.305. The number of halogens is 2. The number of hydrogen-bond donors (Lipinski definition) is 1. The van der Waals surface area contributed by atoms with E-state index in [1.165, 1.54) is 23.2 Å². The number of carboxylic acids is 1. The second kappa shape index (κ2) is 4.55. The number of benzene rings is 1. The van der Waals surface area contributed by atoms with Crippen LogP contribution in [-0.4, -0.2) is 20.6 Å². The maximum absolute atomic E-state index is 13.6. The first-order valence-electron chi connectivity index (χ1n) is 4.76. The lowest BCUT2D eigenvalue weighted by Gasteiger charge is -2.04. The minimum Gasteiger partial charge on any atom is -0.476 e. The van der Waals surface area contributed by atoms with E-state index < -0.39 is 11.8 Å². The molecule has 0 radical (unpaired) electrons. The summed E-state index contributed by atoms with van der Waals surface area (Å²) >= 11 is 5.64. The zero-order valence-electron chi connectivity index (χ0n) is 8.60. The number of rotatable bonds is 3. The van der Waals surface area contributed by atoms with Crippen molar-refractivity contribution in [3.8, 4) is 0 Å². The van der Waals surface area contributed by atoms with E-state index >= 15 is 0 Å². The Balaban J connectivity index is 2.25. The summed E-state index contributed by atoms with van der Waals surface area (Å²) in [5, 5.41) is 8.73. The van der Waals surface area contributed by atoms with Crippen LogP contribution in [0.5, 0.6) is 0 Å². The Kier molecular flexibility index (Phi) is 3.10. The highest BCUT2D eigenvalue weighted by atomic mass is 35.5. The zero-order chi connectivity index (χ0) is 12.4. The summed E-state index contributed by atoms with van der Waals surface area (Å²) in [7, 11) is 0. The smallest absolute Gasteiger partial charge is 0.356 e. The number of hydrogen-bond acceptors (Lipinski definition) is 2. The third-order valence-electron chi connectivity index (χ3n) is 2.24. The Bertz CT molecular complexity index is 568. The fourth-order valence-corrected chi connectivity index (χ4v) is 1.62. The molecule has 0 saturated carbocycles. The van der Waals surface area contributed by atoms with Crippen LogP contribution in [0.15, 0.2) is 30.7 Å². The molecule has 0 atom stereocenters. The van der Waals surface area contributed by atoms with Crippen LogP contribution < -0.4 is 0 Å². The predicted octanol–water partition coefficient (Wildman–Crippen LogP) is 2.42. The van der Waals surface area contributed by atoms with Gasteiger partial charge in [0.05, 0.1) is 17.9 Å². The van der Waals surface area contributed by atoms with Gasteiger partial charge in [-0.05, 0) is 6.07 Å². The highest BCUT2D eigenvalue weighted by Crippen LogP contribution is 2.18. The Morgan fingerprint density at radius 3 is 2.94 bits per heavy atom. The van der Waals surface area contributed by atoms with Gasteiger partial charge in [-0.15, -0.1) is 0 Å². The third-order valence-corrected chi connectivity index (χ3v) is 2.53. The first kappa shape index (κ1) is 11.6. The van der Waals surface area contributed by atoms with Gasteiger partial charge in [-0.25, -0.2) is 14.2 Å². The van der Waals surface area contributed by atoms with Crippen molar-refractivity contribution >= 4 is 17.6 Å². The molecule has 2 rings (SSSR count). The molecule has 1 heterocycles. The minimum absolute atomic E-state index is 0.0427. The van der Waals surface area contributed by atoms with Gasteiger partial charge in [0.15, 0.2) is 5.69 Å². The quantitative estimate of drug-likeness (QED) is 0.915. The van der Waals surface area contributed by atoms with Crippen LogP contribution in [0.25, 0.3) is 0 Å². The van der Waals surface area contributed by atoms with Crippen molar-refractivity contribution in [3.05, 3.63) is 52.8 Å². The number of nitrogens with zero attached hydrogens (tertiary/aromatic N) is 2. The topological polar surface area (TPSA) is 55.1 Å². The molecule has 4 nitrogen and oxygen atoms in total. The maximum Gasteiger partial charge on any atom is 0.356 e. The normalized spacial score (nSPS) is 10.5. The number of imidazole rings is 1. The van der Waals surface area contributed by atoms with E-state index in [9.17, 15) is 9.18 Å². The predicted molar refractivity (Wildman–Crippen MR) is 59.7 cm³/mol. The summed E-state index contributed by atoms with van der Waals surface area (Å²) in [6.07, 6.45) is 2.67. The monoisotopic (exact) mass is 254 g/mol. The van der Waals surface area contributed by atoms with Crippen LogP contribution in [0.3, 0.4) is 0 Å².